The molecule has 1 heterocycles. The Labute approximate surface area is 203 Å². The van der Waals surface area contributed by atoms with Gasteiger partial charge in [0.05, 0.1) is 6.20 Å². The molecule has 6 rings (SSSR count). The first-order valence-electron chi connectivity index (χ1n) is 12.6. The Hall–Kier alpha value is -2.32. The highest BCUT2D eigenvalue weighted by Crippen LogP contribution is 2.62. The summed E-state index contributed by atoms with van der Waals surface area (Å²) >= 11 is 6.25. The summed E-state index contributed by atoms with van der Waals surface area (Å²) in [6.07, 6.45) is 9.79. The van der Waals surface area contributed by atoms with Crippen molar-refractivity contribution in [2.24, 2.45) is 29.1 Å². The van der Waals surface area contributed by atoms with E-state index in [1.807, 2.05) is 38.1 Å². The van der Waals surface area contributed by atoms with Crippen LogP contribution in [0.1, 0.15) is 70.4 Å². The van der Waals surface area contributed by atoms with Gasteiger partial charge in [-0.25, -0.2) is 4.98 Å². The van der Waals surface area contributed by atoms with Crippen LogP contribution in [-0.4, -0.2) is 16.5 Å². The average Bonchev–Trinajstić information content (AvgIpc) is 2.83. The zero-order chi connectivity index (χ0) is 23.4. The normalized spacial score (nSPS) is 29.1. The van der Waals surface area contributed by atoms with Crippen LogP contribution in [0.2, 0.25) is 5.02 Å². The molecule has 6 heteroatoms. The highest BCUT2D eigenvalue weighted by Gasteiger charge is 2.54. The molecule has 2 N–H and O–H groups in total. The summed E-state index contributed by atoms with van der Waals surface area (Å²) in [5, 5.41) is 17.1. The van der Waals surface area contributed by atoms with Crippen LogP contribution in [-0.2, 0) is 6.54 Å². The number of anilines is 2. The fourth-order valence-corrected chi connectivity index (χ4v) is 7.15. The van der Waals surface area contributed by atoms with Crippen LogP contribution in [0.4, 0.5) is 11.8 Å². The van der Waals surface area contributed by atoms with Gasteiger partial charge in [0.2, 0.25) is 5.95 Å². The Morgan fingerprint density at radius 3 is 2.52 bits per heavy atom. The van der Waals surface area contributed by atoms with Crippen molar-refractivity contribution < 1.29 is 0 Å². The number of nitriles is 1. The summed E-state index contributed by atoms with van der Waals surface area (Å²) in [6, 6.07) is 9.98. The summed E-state index contributed by atoms with van der Waals surface area (Å²) in [4.78, 5) is 8.96. The molecule has 4 aliphatic carbocycles. The highest BCUT2D eigenvalue weighted by molar-refractivity contribution is 6.31. The first kappa shape index (κ1) is 23.8. The van der Waals surface area contributed by atoms with Crippen LogP contribution in [0.25, 0.3) is 0 Å². The third kappa shape index (κ3) is 4.96. The maximum absolute atomic E-state index is 9.57. The van der Waals surface area contributed by atoms with E-state index in [-0.39, 0.29) is 0 Å². The molecule has 4 fully saturated rings. The molecule has 176 valence electrons. The quantitative estimate of drug-likeness (QED) is 0.465. The lowest BCUT2D eigenvalue weighted by atomic mass is 9.46. The van der Waals surface area contributed by atoms with Crippen molar-refractivity contribution in [2.45, 2.75) is 65.8 Å². The molecule has 1 aromatic heterocycles. The van der Waals surface area contributed by atoms with Crippen LogP contribution < -0.4 is 10.6 Å². The summed E-state index contributed by atoms with van der Waals surface area (Å²) in [6.45, 7) is 7.82. The van der Waals surface area contributed by atoms with Gasteiger partial charge in [0.1, 0.15) is 17.5 Å². The third-order valence-electron chi connectivity index (χ3n) is 8.00. The van der Waals surface area contributed by atoms with Gasteiger partial charge in [0, 0.05) is 18.1 Å². The number of benzene rings is 1. The van der Waals surface area contributed by atoms with Crippen molar-refractivity contribution in [3.05, 3.63) is 46.6 Å². The molecular formula is C27H36ClN5. The number of nitrogens with zero attached hydrogens (tertiary/aromatic N) is 3. The van der Waals surface area contributed by atoms with E-state index >= 15 is 0 Å². The second-order valence-electron chi connectivity index (χ2n) is 9.91. The van der Waals surface area contributed by atoms with E-state index in [0.29, 0.717) is 34.3 Å². The minimum Gasteiger partial charge on any atom is -0.368 e. The number of hydrogen-bond donors (Lipinski definition) is 2. The Kier molecular flexibility index (Phi) is 7.44. The minimum absolute atomic E-state index is 0.366. The molecule has 4 aliphatic rings. The van der Waals surface area contributed by atoms with Crippen molar-refractivity contribution in [2.75, 3.05) is 17.2 Å². The molecule has 4 saturated carbocycles. The average molecular weight is 466 g/mol. The van der Waals surface area contributed by atoms with Gasteiger partial charge >= 0.3 is 0 Å². The number of aromatic nitrogens is 2. The van der Waals surface area contributed by atoms with Crippen molar-refractivity contribution in [1.82, 2.24) is 9.97 Å². The van der Waals surface area contributed by atoms with Gasteiger partial charge in [-0.3, -0.25) is 0 Å². The number of halogens is 1. The van der Waals surface area contributed by atoms with Gasteiger partial charge in [0.25, 0.3) is 0 Å². The maximum atomic E-state index is 9.57. The first-order valence-corrected chi connectivity index (χ1v) is 13.0. The van der Waals surface area contributed by atoms with E-state index in [4.69, 9.17) is 11.6 Å². The molecule has 2 aromatic rings. The molecule has 33 heavy (non-hydrogen) atoms. The van der Waals surface area contributed by atoms with E-state index in [0.717, 1.165) is 35.8 Å². The summed E-state index contributed by atoms with van der Waals surface area (Å²) in [7, 11) is 0. The second kappa shape index (κ2) is 10.3. The lowest BCUT2D eigenvalue weighted by Crippen LogP contribution is -2.53. The molecule has 0 aliphatic heterocycles. The SMILES string of the molecule is CC.CCC1C2CC3CC1CC(CNc1nc(NCc4ccccc4Cl)ncc1C#N)(C3)C2. The second-order valence-corrected chi connectivity index (χ2v) is 10.3. The predicted molar refractivity (Wildman–Crippen MR) is 135 cm³/mol. The lowest BCUT2D eigenvalue weighted by Gasteiger charge is -2.60. The van der Waals surface area contributed by atoms with Crippen LogP contribution in [0, 0.1) is 40.4 Å². The van der Waals surface area contributed by atoms with E-state index in [1.165, 1.54) is 38.5 Å². The topological polar surface area (TPSA) is 73.6 Å². The summed E-state index contributed by atoms with van der Waals surface area (Å²) in [5.41, 5.74) is 1.86. The van der Waals surface area contributed by atoms with Crippen LogP contribution >= 0.6 is 11.6 Å². The highest BCUT2D eigenvalue weighted by atomic mass is 35.5. The van der Waals surface area contributed by atoms with Crippen LogP contribution in [0.5, 0.6) is 0 Å². The predicted octanol–water partition coefficient (Wildman–Crippen LogP) is 6.90. The van der Waals surface area contributed by atoms with Gasteiger partial charge in [-0.05, 0) is 72.8 Å². The Balaban J connectivity index is 0.00000126. The number of nitrogens with one attached hydrogen (secondary N) is 2. The standard InChI is InChI=1S/C25H30ClN5.C2H6/c1-2-21-18-7-16-8-19(21)11-25(9-16,10-18)15-30-23-20(12-27)14-29-24(31-23)28-13-17-5-3-4-6-22(17)26;1-2/h3-6,14,16,18-19,21H,2,7-11,13,15H2,1H3,(H2,28,29,30,31);1-2H3. The van der Waals surface area contributed by atoms with Crippen molar-refractivity contribution in [3.8, 4) is 6.07 Å². The molecule has 0 amide bonds. The third-order valence-corrected chi connectivity index (χ3v) is 8.37. The minimum atomic E-state index is 0.366. The Morgan fingerprint density at radius 1 is 1.12 bits per heavy atom. The van der Waals surface area contributed by atoms with Gasteiger partial charge < -0.3 is 10.6 Å². The van der Waals surface area contributed by atoms with Gasteiger partial charge in [0.15, 0.2) is 0 Å². The van der Waals surface area contributed by atoms with E-state index in [1.54, 1.807) is 6.20 Å². The molecule has 1 aromatic carbocycles. The first-order chi connectivity index (χ1) is 16.1. The van der Waals surface area contributed by atoms with Crippen molar-refractivity contribution in [1.29, 1.82) is 5.26 Å². The maximum Gasteiger partial charge on any atom is 0.224 e. The molecule has 5 nitrogen and oxygen atoms in total. The monoisotopic (exact) mass is 465 g/mol. The zero-order valence-corrected chi connectivity index (χ0v) is 20.8. The molecular weight excluding hydrogens is 430 g/mol. The molecule has 0 radical (unpaired) electrons. The largest absolute Gasteiger partial charge is 0.368 e. The van der Waals surface area contributed by atoms with Crippen LogP contribution in [0.15, 0.2) is 30.5 Å². The number of rotatable bonds is 7. The van der Waals surface area contributed by atoms with Crippen molar-refractivity contribution in [3.63, 3.8) is 0 Å². The molecule has 2 atom stereocenters. The van der Waals surface area contributed by atoms with Crippen LogP contribution in [0.3, 0.4) is 0 Å². The Morgan fingerprint density at radius 2 is 1.85 bits per heavy atom. The summed E-state index contributed by atoms with van der Waals surface area (Å²) in [5.74, 6) is 4.77. The van der Waals surface area contributed by atoms with E-state index in [9.17, 15) is 5.26 Å². The Bertz CT molecular complexity index is 984. The van der Waals surface area contributed by atoms with Gasteiger partial charge in [-0.1, -0.05) is 57.0 Å². The smallest absolute Gasteiger partial charge is 0.224 e. The molecule has 4 bridgehead atoms. The van der Waals surface area contributed by atoms with E-state index in [2.05, 4.69) is 33.6 Å². The van der Waals surface area contributed by atoms with E-state index < -0.39 is 0 Å². The molecule has 0 spiro atoms. The van der Waals surface area contributed by atoms with Gasteiger partial charge in [-0.2, -0.15) is 10.2 Å². The lowest BCUT2D eigenvalue weighted by molar-refractivity contribution is -0.0893. The van der Waals surface area contributed by atoms with Gasteiger partial charge in [-0.15, -0.1) is 0 Å². The molecule has 2 unspecified atom stereocenters. The summed E-state index contributed by atoms with van der Waals surface area (Å²) < 4.78 is 0. The molecule has 0 saturated heterocycles. The fraction of sp³-hybridized carbons (Fsp3) is 0.593. The van der Waals surface area contributed by atoms with Crippen molar-refractivity contribution >= 4 is 23.4 Å². The number of hydrogen-bond acceptors (Lipinski definition) is 5. The fourth-order valence-electron chi connectivity index (χ4n) is 6.95. The zero-order valence-electron chi connectivity index (χ0n) is 20.1.